The topological polar surface area (TPSA) is 88.0 Å². The molecule has 0 aliphatic carbocycles. The van der Waals surface area contributed by atoms with Gasteiger partial charge in [0, 0.05) is 31.2 Å². The van der Waals surface area contributed by atoms with Crippen LogP contribution in [0.25, 0.3) is 11.4 Å². The Balaban J connectivity index is 1.72. The molecular weight excluding hydrogens is 292 g/mol. The number of aromatic nitrogens is 4. The number of H-pyrrole nitrogens is 1. The molecule has 23 heavy (non-hydrogen) atoms. The fourth-order valence-electron chi connectivity index (χ4n) is 2.15. The highest BCUT2D eigenvalue weighted by Gasteiger charge is 2.12. The summed E-state index contributed by atoms with van der Waals surface area (Å²) in [6.45, 7) is 1.82. The zero-order chi connectivity index (χ0) is 16.2. The summed E-state index contributed by atoms with van der Waals surface area (Å²) < 4.78 is 1.93. The maximum Gasteiger partial charge on any atom is 0.289 e. The second-order valence-electron chi connectivity index (χ2n) is 5.05. The number of hydrogen-bond acceptors (Lipinski definition) is 4. The number of nitrogens with one attached hydrogen (secondary N) is 2. The summed E-state index contributed by atoms with van der Waals surface area (Å²) >= 11 is 0. The minimum absolute atomic E-state index is 0.341. The standard InChI is InChI=1S/C16H16N6O/c1-11(12-5-7-17-8-6-12)18-21-16(23)14-10-13(19-20-14)15-4-3-9-22(15)2/h3-10H,1-2H3,(H,19,20)(H,21,23). The molecule has 0 aromatic carbocycles. The number of rotatable bonds is 4. The molecule has 3 aromatic rings. The Morgan fingerprint density at radius 2 is 2.09 bits per heavy atom. The zero-order valence-corrected chi connectivity index (χ0v) is 12.8. The third-order valence-corrected chi connectivity index (χ3v) is 3.45. The van der Waals surface area contributed by atoms with Gasteiger partial charge in [-0.2, -0.15) is 10.2 Å². The van der Waals surface area contributed by atoms with E-state index >= 15 is 0 Å². The first-order valence-corrected chi connectivity index (χ1v) is 7.07. The molecule has 7 nitrogen and oxygen atoms in total. The van der Waals surface area contributed by atoms with Crippen molar-refractivity contribution < 1.29 is 4.79 Å². The monoisotopic (exact) mass is 308 g/mol. The van der Waals surface area contributed by atoms with Crippen LogP contribution in [0, 0.1) is 0 Å². The van der Waals surface area contributed by atoms with Crippen molar-refractivity contribution in [1.82, 2.24) is 25.2 Å². The third kappa shape index (κ3) is 3.18. The van der Waals surface area contributed by atoms with Crippen molar-refractivity contribution in [3.05, 3.63) is 60.2 Å². The van der Waals surface area contributed by atoms with Crippen molar-refractivity contribution in [2.24, 2.45) is 12.1 Å². The van der Waals surface area contributed by atoms with Crippen LogP contribution in [0.2, 0.25) is 0 Å². The second kappa shape index (κ2) is 6.27. The highest BCUT2D eigenvalue weighted by Crippen LogP contribution is 2.17. The van der Waals surface area contributed by atoms with Gasteiger partial charge in [-0.25, -0.2) is 5.43 Å². The smallest absolute Gasteiger partial charge is 0.289 e. The first-order valence-electron chi connectivity index (χ1n) is 7.07. The fourth-order valence-corrected chi connectivity index (χ4v) is 2.15. The van der Waals surface area contributed by atoms with E-state index in [0.29, 0.717) is 17.1 Å². The van der Waals surface area contributed by atoms with Crippen LogP contribution in [0.4, 0.5) is 0 Å². The van der Waals surface area contributed by atoms with Gasteiger partial charge in [0.2, 0.25) is 0 Å². The summed E-state index contributed by atoms with van der Waals surface area (Å²) in [5.41, 5.74) is 6.10. The van der Waals surface area contributed by atoms with Gasteiger partial charge in [0.1, 0.15) is 11.4 Å². The van der Waals surface area contributed by atoms with Gasteiger partial charge in [-0.3, -0.25) is 14.9 Å². The summed E-state index contributed by atoms with van der Waals surface area (Å²) in [6, 6.07) is 9.21. The lowest BCUT2D eigenvalue weighted by Gasteiger charge is -2.01. The van der Waals surface area contributed by atoms with Crippen LogP contribution in [0.15, 0.2) is 54.0 Å². The van der Waals surface area contributed by atoms with Gasteiger partial charge < -0.3 is 4.57 Å². The second-order valence-corrected chi connectivity index (χ2v) is 5.05. The number of aromatic amines is 1. The van der Waals surface area contributed by atoms with Crippen LogP contribution >= 0.6 is 0 Å². The van der Waals surface area contributed by atoms with Crippen molar-refractivity contribution in [2.75, 3.05) is 0 Å². The van der Waals surface area contributed by atoms with Crippen molar-refractivity contribution in [1.29, 1.82) is 0 Å². The Labute approximate surface area is 133 Å². The largest absolute Gasteiger partial charge is 0.349 e. The molecule has 0 saturated heterocycles. The highest BCUT2D eigenvalue weighted by molar-refractivity contribution is 6.00. The van der Waals surface area contributed by atoms with E-state index in [4.69, 9.17) is 0 Å². The summed E-state index contributed by atoms with van der Waals surface area (Å²) in [7, 11) is 1.92. The molecule has 0 spiro atoms. The predicted molar refractivity (Wildman–Crippen MR) is 86.9 cm³/mol. The minimum atomic E-state index is -0.341. The first kappa shape index (κ1) is 14.7. The molecule has 0 aliphatic heterocycles. The Morgan fingerprint density at radius 1 is 1.30 bits per heavy atom. The molecule has 0 radical (unpaired) electrons. The maximum absolute atomic E-state index is 12.1. The quantitative estimate of drug-likeness (QED) is 0.570. The molecule has 0 aliphatic rings. The van der Waals surface area contributed by atoms with E-state index in [1.807, 2.05) is 49.0 Å². The summed E-state index contributed by atoms with van der Waals surface area (Å²) in [4.78, 5) is 16.1. The highest BCUT2D eigenvalue weighted by atomic mass is 16.2. The number of amides is 1. The van der Waals surface area contributed by atoms with Crippen LogP contribution in [0.3, 0.4) is 0 Å². The lowest BCUT2D eigenvalue weighted by atomic mass is 10.2. The Hall–Kier alpha value is -3.22. The molecule has 3 aromatic heterocycles. The van der Waals surface area contributed by atoms with E-state index in [-0.39, 0.29) is 5.91 Å². The summed E-state index contributed by atoms with van der Waals surface area (Å²) in [5.74, 6) is -0.341. The number of nitrogens with zero attached hydrogens (tertiary/aromatic N) is 4. The molecular formula is C16H16N6O. The van der Waals surface area contributed by atoms with Gasteiger partial charge in [0.05, 0.1) is 11.4 Å². The van der Waals surface area contributed by atoms with Crippen molar-refractivity contribution >= 4 is 11.6 Å². The molecule has 3 rings (SSSR count). The molecule has 116 valence electrons. The van der Waals surface area contributed by atoms with Crippen molar-refractivity contribution in [3.8, 4) is 11.4 Å². The molecule has 7 heteroatoms. The van der Waals surface area contributed by atoms with E-state index in [2.05, 4.69) is 25.7 Å². The molecule has 0 fully saturated rings. The average Bonchev–Trinajstić information content (AvgIpc) is 3.21. The van der Waals surface area contributed by atoms with Crippen LogP contribution in [0.1, 0.15) is 23.0 Å². The Kier molecular flexibility index (Phi) is 4.01. The zero-order valence-electron chi connectivity index (χ0n) is 12.8. The molecule has 0 saturated carbocycles. The third-order valence-electron chi connectivity index (χ3n) is 3.45. The molecule has 0 unspecified atom stereocenters. The van der Waals surface area contributed by atoms with Gasteiger partial charge in [-0.05, 0) is 37.3 Å². The number of pyridine rings is 1. The van der Waals surface area contributed by atoms with Crippen molar-refractivity contribution in [2.45, 2.75) is 6.92 Å². The number of hydrogen-bond donors (Lipinski definition) is 2. The van der Waals surface area contributed by atoms with Crippen molar-refractivity contribution in [3.63, 3.8) is 0 Å². The van der Waals surface area contributed by atoms with Crippen LogP contribution < -0.4 is 5.43 Å². The van der Waals surface area contributed by atoms with Gasteiger partial charge in [-0.1, -0.05) is 0 Å². The molecule has 2 N–H and O–H groups in total. The number of aryl methyl sites for hydroxylation is 1. The minimum Gasteiger partial charge on any atom is -0.349 e. The van der Waals surface area contributed by atoms with Crippen LogP contribution in [-0.2, 0) is 7.05 Å². The SMILES string of the molecule is CC(=NNC(=O)c1cc(-c2cccn2C)n[nH]1)c1ccncc1. The normalized spacial score (nSPS) is 11.5. The number of carbonyl (C=O) groups is 1. The molecule has 3 heterocycles. The average molecular weight is 308 g/mol. The summed E-state index contributed by atoms with van der Waals surface area (Å²) in [6.07, 6.45) is 5.28. The molecule has 1 amide bonds. The number of carbonyl (C=O) groups excluding carboxylic acids is 1. The van der Waals surface area contributed by atoms with Gasteiger partial charge in [0.15, 0.2) is 0 Å². The fraction of sp³-hybridized carbons (Fsp3) is 0.125. The lowest BCUT2D eigenvalue weighted by molar-refractivity contribution is 0.0950. The van der Waals surface area contributed by atoms with E-state index in [9.17, 15) is 4.79 Å². The van der Waals surface area contributed by atoms with E-state index in [1.165, 1.54) is 0 Å². The Bertz CT molecular complexity index is 846. The Morgan fingerprint density at radius 3 is 2.78 bits per heavy atom. The molecule has 0 atom stereocenters. The predicted octanol–water partition coefficient (Wildman–Crippen LogP) is 1.96. The van der Waals surface area contributed by atoms with Gasteiger partial charge in [-0.15, -0.1) is 0 Å². The molecule has 0 bridgehead atoms. The summed E-state index contributed by atoms with van der Waals surface area (Å²) in [5, 5.41) is 11.0. The van der Waals surface area contributed by atoms with Gasteiger partial charge in [0.25, 0.3) is 5.91 Å². The van der Waals surface area contributed by atoms with Gasteiger partial charge >= 0.3 is 0 Å². The maximum atomic E-state index is 12.1. The van der Waals surface area contributed by atoms with Crippen LogP contribution in [-0.4, -0.2) is 31.4 Å². The lowest BCUT2D eigenvalue weighted by Crippen LogP contribution is -2.19. The van der Waals surface area contributed by atoms with E-state index < -0.39 is 0 Å². The van der Waals surface area contributed by atoms with Crippen LogP contribution in [0.5, 0.6) is 0 Å². The van der Waals surface area contributed by atoms with E-state index in [1.54, 1.807) is 18.5 Å². The number of hydrazone groups is 1. The first-order chi connectivity index (χ1) is 11.1. The van der Waals surface area contributed by atoms with E-state index in [0.717, 1.165) is 11.3 Å².